The van der Waals surface area contributed by atoms with Gasteiger partial charge in [0.25, 0.3) is 5.91 Å². The summed E-state index contributed by atoms with van der Waals surface area (Å²) in [7, 11) is 0. The summed E-state index contributed by atoms with van der Waals surface area (Å²) in [4.78, 5) is 43.9. The predicted molar refractivity (Wildman–Crippen MR) is 105 cm³/mol. The van der Waals surface area contributed by atoms with Gasteiger partial charge in [-0.15, -0.1) is 11.3 Å². The Morgan fingerprint density at radius 1 is 1.21 bits per heavy atom. The summed E-state index contributed by atoms with van der Waals surface area (Å²) < 4.78 is 1.76. The van der Waals surface area contributed by atoms with E-state index in [0.29, 0.717) is 25.2 Å². The molecule has 0 atom stereocenters. The highest BCUT2D eigenvalue weighted by Gasteiger charge is 2.39. The van der Waals surface area contributed by atoms with E-state index in [2.05, 4.69) is 15.6 Å². The molecule has 1 aliphatic heterocycles. The number of likely N-dealkylation sites (tertiary alicyclic amines) is 1. The standard InChI is InChI=1S/C19H25N5O3S/c25-15(12-23-8-3-1-2-5-16(23)26)22-19(6-4-7-19)13-21-17(27)14-11-20-18-24(14)9-10-28-18/h9-11H,1-8,12-13H2,(H,21,27)(H,22,25). The van der Waals surface area contributed by atoms with E-state index in [9.17, 15) is 14.4 Å². The highest BCUT2D eigenvalue weighted by molar-refractivity contribution is 7.15. The second-order valence-electron chi connectivity index (χ2n) is 7.69. The van der Waals surface area contributed by atoms with E-state index in [4.69, 9.17) is 0 Å². The minimum Gasteiger partial charge on any atom is -0.348 e. The van der Waals surface area contributed by atoms with Crippen LogP contribution in [0.25, 0.3) is 4.96 Å². The number of imidazole rings is 1. The van der Waals surface area contributed by atoms with E-state index in [0.717, 1.165) is 43.5 Å². The van der Waals surface area contributed by atoms with Crippen molar-refractivity contribution in [1.82, 2.24) is 24.9 Å². The Morgan fingerprint density at radius 2 is 2.07 bits per heavy atom. The Labute approximate surface area is 167 Å². The summed E-state index contributed by atoms with van der Waals surface area (Å²) >= 11 is 1.47. The Kier molecular flexibility index (Phi) is 5.34. The van der Waals surface area contributed by atoms with Gasteiger partial charge < -0.3 is 15.5 Å². The predicted octanol–water partition coefficient (Wildman–Crippen LogP) is 1.57. The molecule has 4 rings (SSSR count). The molecule has 8 nitrogen and oxygen atoms in total. The molecule has 1 aliphatic carbocycles. The number of carbonyl (C=O) groups excluding carboxylic acids is 3. The lowest BCUT2D eigenvalue weighted by Gasteiger charge is -2.43. The molecule has 1 saturated heterocycles. The number of fused-ring (bicyclic) bond motifs is 1. The number of nitrogens with zero attached hydrogens (tertiary/aromatic N) is 3. The number of hydrogen-bond donors (Lipinski definition) is 2. The maximum atomic E-state index is 12.6. The maximum absolute atomic E-state index is 12.6. The van der Waals surface area contributed by atoms with Crippen molar-refractivity contribution in [2.45, 2.75) is 50.5 Å². The van der Waals surface area contributed by atoms with Crippen LogP contribution in [0.15, 0.2) is 17.8 Å². The van der Waals surface area contributed by atoms with Gasteiger partial charge in [0.15, 0.2) is 4.96 Å². The number of hydrogen-bond acceptors (Lipinski definition) is 5. The fourth-order valence-corrected chi connectivity index (χ4v) is 4.59. The van der Waals surface area contributed by atoms with Gasteiger partial charge in [-0.2, -0.15) is 0 Å². The lowest BCUT2D eigenvalue weighted by molar-refractivity contribution is -0.136. The molecule has 0 aromatic carbocycles. The molecule has 9 heteroatoms. The summed E-state index contributed by atoms with van der Waals surface area (Å²) in [5.74, 6) is -0.285. The molecule has 0 unspecified atom stereocenters. The van der Waals surface area contributed by atoms with Crippen LogP contribution >= 0.6 is 11.3 Å². The average Bonchev–Trinajstić information content (AvgIpc) is 3.20. The van der Waals surface area contributed by atoms with Crippen molar-refractivity contribution in [2.24, 2.45) is 0 Å². The summed E-state index contributed by atoms with van der Waals surface area (Å²) in [6, 6.07) is 0. The number of rotatable bonds is 6. The Bertz CT molecular complexity index is 885. The first-order valence-corrected chi connectivity index (χ1v) is 10.7. The van der Waals surface area contributed by atoms with Gasteiger partial charge in [0, 0.05) is 31.1 Å². The summed E-state index contributed by atoms with van der Waals surface area (Å²) in [5.41, 5.74) is 0.0762. The topological polar surface area (TPSA) is 95.8 Å². The number of nitrogens with one attached hydrogen (secondary N) is 2. The highest BCUT2D eigenvalue weighted by Crippen LogP contribution is 2.31. The Hall–Kier alpha value is -2.42. The molecule has 2 aromatic heterocycles. The van der Waals surface area contributed by atoms with Crippen LogP contribution in [0, 0.1) is 0 Å². The van der Waals surface area contributed by atoms with Crippen LogP contribution < -0.4 is 10.6 Å². The minimum atomic E-state index is -0.417. The zero-order valence-corrected chi connectivity index (χ0v) is 16.6. The molecule has 2 aliphatic rings. The molecule has 28 heavy (non-hydrogen) atoms. The van der Waals surface area contributed by atoms with Gasteiger partial charge >= 0.3 is 0 Å². The van der Waals surface area contributed by atoms with Crippen molar-refractivity contribution in [3.05, 3.63) is 23.5 Å². The van der Waals surface area contributed by atoms with Crippen LogP contribution in [0.1, 0.15) is 55.4 Å². The van der Waals surface area contributed by atoms with Gasteiger partial charge in [-0.25, -0.2) is 4.98 Å². The highest BCUT2D eigenvalue weighted by atomic mass is 32.1. The first kappa shape index (κ1) is 18.9. The van der Waals surface area contributed by atoms with Crippen molar-refractivity contribution < 1.29 is 14.4 Å². The zero-order chi connectivity index (χ0) is 19.6. The van der Waals surface area contributed by atoms with Crippen LogP contribution in [-0.2, 0) is 9.59 Å². The Morgan fingerprint density at radius 3 is 2.86 bits per heavy atom. The van der Waals surface area contributed by atoms with E-state index in [-0.39, 0.29) is 24.3 Å². The number of amides is 3. The van der Waals surface area contributed by atoms with Crippen LogP contribution in [0.2, 0.25) is 0 Å². The largest absolute Gasteiger partial charge is 0.348 e. The summed E-state index contributed by atoms with van der Waals surface area (Å²) in [6.45, 7) is 1.13. The van der Waals surface area contributed by atoms with Crippen molar-refractivity contribution >= 4 is 34.0 Å². The van der Waals surface area contributed by atoms with Crippen molar-refractivity contribution in [3.63, 3.8) is 0 Å². The zero-order valence-electron chi connectivity index (χ0n) is 15.8. The van der Waals surface area contributed by atoms with E-state index >= 15 is 0 Å². The monoisotopic (exact) mass is 403 g/mol. The maximum Gasteiger partial charge on any atom is 0.270 e. The Balaban J connectivity index is 1.33. The van der Waals surface area contributed by atoms with E-state index in [1.807, 2.05) is 11.6 Å². The summed E-state index contributed by atoms with van der Waals surface area (Å²) in [5, 5.41) is 7.92. The molecule has 1 saturated carbocycles. The van der Waals surface area contributed by atoms with Crippen LogP contribution in [-0.4, -0.2) is 57.2 Å². The third-order valence-corrected chi connectivity index (χ3v) is 6.46. The quantitative estimate of drug-likeness (QED) is 0.765. The second-order valence-corrected chi connectivity index (χ2v) is 8.56. The van der Waals surface area contributed by atoms with Gasteiger partial charge in [0.05, 0.1) is 18.3 Å². The molecule has 0 radical (unpaired) electrons. The normalized spacial score (nSPS) is 19.1. The number of aromatic nitrogens is 2. The van der Waals surface area contributed by atoms with Gasteiger partial charge in [-0.1, -0.05) is 6.42 Å². The molecular formula is C19H25N5O3S. The van der Waals surface area contributed by atoms with Gasteiger partial charge in [-0.05, 0) is 32.1 Å². The molecule has 0 spiro atoms. The van der Waals surface area contributed by atoms with Gasteiger partial charge in [0.2, 0.25) is 11.8 Å². The molecule has 3 heterocycles. The first-order valence-electron chi connectivity index (χ1n) is 9.84. The van der Waals surface area contributed by atoms with Gasteiger partial charge in [-0.3, -0.25) is 18.8 Å². The molecule has 2 fully saturated rings. The van der Waals surface area contributed by atoms with Crippen LogP contribution in [0.4, 0.5) is 0 Å². The SMILES string of the molecule is O=C(CN1CCCCCC1=O)NC1(CNC(=O)c2cnc3sccn23)CCC1. The van der Waals surface area contributed by atoms with Crippen molar-refractivity contribution in [3.8, 4) is 0 Å². The van der Waals surface area contributed by atoms with Crippen molar-refractivity contribution in [2.75, 3.05) is 19.6 Å². The molecule has 3 amide bonds. The third-order valence-electron chi connectivity index (χ3n) is 5.69. The third kappa shape index (κ3) is 3.89. The molecule has 150 valence electrons. The lowest BCUT2D eigenvalue weighted by atomic mass is 9.76. The molecular weight excluding hydrogens is 378 g/mol. The second kappa shape index (κ2) is 7.90. The van der Waals surface area contributed by atoms with Crippen molar-refractivity contribution in [1.29, 1.82) is 0 Å². The average molecular weight is 404 g/mol. The number of thiazole rings is 1. The smallest absolute Gasteiger partial charge is 0.270 e. The van der Waals surface area contributed by atoms with E-state index in [1.165, 1.54) is 11.3 Å². The van der Waals surface area contributed by atoms with Crippen LogP contribution in [0.3, 0.4) is 0 Å². The molecule has 0 bridgehead atoms. The minimum absolute atomic E-state index is 0.0594. The first-order chi connectivity index (χ1) is 13.6. The lowest BCUT2D eigenvalue weighted by Crippen LogP contribution is -2.61. The van der Waals surface area contributed by atoms with Crippen LogP contribution in [0.5, 0.6) is 0 Å². The molecule has 2 N–H and O–H groups in total. The number of carbonyl (C=O) groups is 3. The van der Waals surface area contributed by atoms with Gasteiger partial charge in [0.1, 0.15) is 5.69 Å². The fraction of sp³-hybridized carbons (Fsp3) is 0.579. The summed E-state index contributed by atoms with van der Waals surface area (Å²) in [6.07, 6.45) is 9.46. The fourth-order valence-electron chi connectivity index (χ4n) is 3.90. The molecule has 2 aromatic rings. The van der Waals surface area contributed by atoms with E-state index < -0.39 is 5.54 Å². The van der Waals surface area contributed by atoms with E-state index in [1.54, 1.807) is 15.5 Å².